The maximum Gasteiger partial charge on any atom is 0.410 e. The highest BCUT2D eigenvalue weighted by molar-refractivity contribution is 6.32. The van der Waals surface area contributed by atoms with Crippen LogP contribution in [0.15, 0.2) is 30.5 Å². The lowest BCUT2D eigenvalue weighted by atomic mass is 9.99. The first-order valence-electron chi connectivity index (χ1n) is 13.8. The molecular weight excluding hydrogens is 551 g/mol. The molecule has 1 aromatic carbocycles. The van der Waals surface area contributed by atoms with Crippen molar-refractivity contribution in [2.75, 3.05) is 31.9 Å². The summed E-state index contributed by atoms with van der Waals surface area (Å²) in [6.45, 7) is 7.24. The number of anilines is 1. The van der Waals surface area contributed by atoms with E-state index < -0.39 is 5.60 Å². The number of hydrogen-bond acceptors (Lipinski definition) is 7. The molecule has 0 spiro atoms. The lowest BCUT2D eigenvalue weighted by molar-refractivity contribution is 0.0123. The molecule has 1 aliphatic carbocycles. The Labute approximate surface area is 244 Å². The van der Waals surface area contributed by atoms with Crippen LogP contribution in [-0.4, -0.2) is 65.6 Å². The molecule has 2 atom stereocenters. The van der Waals surface area contributed by atoms with E-state index in [4.69, 9.17) is 42.4 Å². The van der Waals surface area contributed by atoms with E-state index in [-0.39, 0.29) is 25.0 Å². The Balaban J connectivity index is 1.33. The number of ether oxygens (including phenoxy) is 3. The fourth-order valence-corrected chi connectivity index (χ4v) is 6.55. The number of fused-ring (bicyclic) bond motifs is 3. The van der Waals surface area contributed by atoms with Crippen molar-refractivity contribution in [2.24, 2.45) is 0 Å². The Morgan fingerprint density at radius 3 is 2.42 bits per heavy atom. The Kier molecular flexibility index (Phi) is 7.21. The number of amides is 1. The van der Waals surface area contributed by atoms with Gasteiger partial charge in [0.05, 0.1) is 29.0 Å². The third-order valence-corrected chi connectivity index (χ3v) is 8.28. The van der Waals surface area contributed by atoms with Gasteiger partial charge < -0.3 is 19.1 Å². The molecular formula is C30H34Cl2N4O4. The fraction of sp³-hybridized carbons (Fsp3) is 0.500. The summed E-state index contributed by atoms with van der Waals surface area (Å²) >= 11 is 13.3. The van der Waals surface area contributed by atoms with Gasteiger partial charge in [-0.15, -0.1) is 0 Å². The minimum Gasteiger partial charge on any atom is -0.467 e. The smallest absolute Gasteiger partial charge is 0.410 e. The quantitative estimate of drug-likeness (QED) is 0.227. The summed E-state index contributed by atoms with van der Waals surface area (Å²) in [7, 11) is 1.59. The number of carbonyl (C=O) groups excluding carboxylic acids is 1. The summed E-state index contributed by atoms with van der Waals surface area (Å²) < 4.78 is 16.5. The molecule has 3 aromatic rings. The van der Waals surface area contributed by atoms with E-state index in [0.717, 1.165) is 59.1 Å². The van der Waals surface area contributed by atoms with Crippen molar-refractivity contribution in [3.05, 3.63) is 46.2 Å². The fourth-order valence-electron chi connectivity index (χ4n) is 6.00. The van der Waals surface area contributed by atoms with E-state index >= 15 is 0 Å². The standard InChI is InChI=1S/C30H34Cl2N4O4/c1-30(2,3)40-29(37)36-18-7-8-19(36)15-35(14-18)26-12-27(32)34-25-11-24(33-13-22(25)26)21-9-20(39-16-38-4)10-23(31)28(21)17-5-6-17/h9-13,17-19H,5-8,14-16H2,1-4H3. The number of aromatic nitrogens is 2. The van der Waals surface area contributed by atoms with Gasteiger partial charge in [0, 0.05) is 42.4 Å². The molecule has 0 radical (unpaired) electrons. The largest absolute Gasteiger partial charge is 0.467 e. The van der Waals surface area contributed by atoms with Crippen molar-refractivity contribution in [2.45, 2.75) is 70.1 Å². The third-order valence-electron chi connectivity index (χ3n) is 7.78. The van der Waals surface area contributed by atoms with Crippen LogP contribution in [0.3, 0.4) is 0 Å². The van der Waals surface area contributed by atoms with Gasteiger partial charge in [0.15, 0.2) is 6.79 Å². The number of nitrogens with zero attached hydrogens (tertiary/aromatic N) is 4. The lowest BCUT2D eigenvalue weighted by Crippen LogP contribution is -2.56. The predicted octanol–water partition coefficient (Wildman–Crippen LogP) is 7.05. The van der Waals surface area contributed by atoms with Crippen LogP contribution in [0.25, 0.3) is 22.2 Å². The summed E-state index contributed by atoms with van der Waals surface area (Å²) in [5.41, 5.74) is 4.02. The van der Waals surface area contributed by atoms with Crippen molar-refractivity contribution in [1.29, 1.82) is 0 Å². The minimum atomic E-state index is -0.523. The minimum absolute atomic E-state index is 0.0842. The molecule has 2 bridgehead atoms. The van der Waals surface area contributed by atoms with Crippen LogP contribution in [0.1, 0.15) is 57.9 Å². The van der Waals surface area contributed by atoms with E-state index in [0.29, 0.717) is 34.9 Å². The highest BCUT2D eigenvalue weighted by atomic mass is 35.5. The zero-order chi connectivity index (χ0) is 28.2. The first-order chi connectivity index (χ1) is 19.1. The van der Waals surface area contributed by atoms with Gasteiger partial charge in [-0.3, -0.25) is 9.88 Å². The zero-order valence-corrected chi connectivity index (χ0v) is 24.8. The van der Waals surface area contributed by atoms with Crippen LogP contribution in [-0.2, 0) is 9.47 Å². The molecule has 8 nitrogen and oxygen atoms in total. The normalized spacial score (nSPS) is 20.8. The van der Waals surface area contributed by atoms with Crippen molar-refractivity contribution in [3.63, 3.8) is 0 Å². The molecule has 40 heavy (non-hydrogen) atoms. The third kappa shape index (κ3) is 5.41. The van der Waals surface area contributed by atoms with E-state index in [2.05, 4.69) is 9.88 Å². The van der Waals surface area contributed by atoms with E-state index in [9.17, 15) is 4.79 Å². The summed E-state index contributed by atoms with van der Waals surface area (Å²) in [6, 6.07) is 7.87. The molecule has 6 rings (SSSR count). The maximum absolute atomic E-state index is 13.0. The number of pyridine rings is 2. The second kappa shape index (κ2) is 10.5. The molecule has 212 valence electrons. The van der Waals surface area contributed by atoms with Gasteiger partial charge in [-0.25, -0.2) is 9.78 Å². The van der Waals surface area contributed by atoms with E-state index in [1.54, 1.807) is 7.11 Å². The molecule has 1 amide bonds. The number of rotatable bonds is 6. The number of benzene rings is 1. The number of hydrogen-bond donors (Lipinski definition) is 0. The van der Waals surface area contributed by atoms with Crippen LogP contribution in [0.4, 0.5) is 10.5 Å². The highest BCUT2D eigenvalue weighted by Crippen LogP contribution is 2.49. The van der Waals surface area contributed by atoms with Gasteiger partial charge in [-0.05, 0) is 82.2 Å². The van der Waals surface area contributed by atoms with Gasteiger partial charge >= 0.3 is 6.09 Å². The van der Waals surface area contributed by atoms with Gasteiger partial charge in [0.25, 0.3) is 0 Å². The first kappa shape index (κ1) is 27.4. The predicted molar refractivity (Wildman–Crippen MR) is 157 cm³/mol. The van der Waals surface area contributed by atoms with Crippen LogP contribution < -0.4 is 9.64 Å². The highest BCUT2D eigenvalue weighted by Gasteiger charge is 2.44. The molecule has 3 aliphatic rings. The first-order valence-corrected chi connectivity index (χ1v) is 14.5. The summed E-state index contributed by atoms with van der Waals surface area (Å²) in [5.74, 6) is 1.04. The molecule has 1 saturated carbocycles. The van der Waals surface area contributed by atoms with Crippen molar-refractivity contribution in [1.82, 2.24) is 14.9 Å². The summed E-state index contributed by atoms with van der Waals surface area (Å²) in [6.07, 6.45) is 5.75. The number of halogens is 2. The average molecular weight is 586 g/mol. The second-order valence-corrected chi connectivity index (χ2v) is 12.7. The van der Waals surface area contributed by atoms with Gasteiger partial charge in [-0.2, -0.15) is 0 Å². The van der Waals surface area contributed by atoms with E-state index in [1.165, 1.54) is 0 Å². The number of carbonyl (C=O) groups is 1. The van der Waals surface area contributed by atoms with Crippen molar-refractivity contribution < 1.29 is 19.0 Å². The van der Waals surface area contributed by atoms with Crippen LogP contribution in [0.5, 0.6) is 5.75 Å². The second-order valence-electron chi connectivity index (χ2n) is 11.9. The molecule has 2 unspecified atom stereocenters. The average Bonchev–Trinajstić information content (AvgIpc) is 3.69. The van der Waals surface area contributed by atoms with Crippen LogP contribution >= 0.6 is 23.2 Å². The van der Waals surface area contributed by atoms with Crippen LogP contribution in [0.2, 0.25) is 10.2 Å². The van der Waals surface area contributed by atoms with E-state index in [1.807, 2.05) is 56.1 Å². The number of piperazine rings is 1. The summed E-state index contributed by atoms with van der Waals surface area (Å²) in [5, 5.41) is 2.01. The molecule has 3 fully saturated rings. The zero-order valence-electron chi connectivity index (χ0n) is 23.2. The van der Waals surface area contributed by atoms with Gasteiger partial charge in [-0.1, -0.05) is 23.2 Å². The Morgan fingerprint density at radius 1 is 1.05 bits per heavy atom. The lowest BCUT2D eigenvalue weighted by Gasteiger charge is -2.42. The van der Waals surface area contributed by atoms with Crippen molar-refractivity contribution in [3.8, 4) is 17.0 Å². The van der Waals surface area contributed by atoms with Crippen LogP contribution in [0, 0.1) is 0 Å². The van der Waals surface area contributed by atoms with Crippen molar-refractivity contribution >= 4 is 45.9 Å². The Morgan fingerprint density at radius 2 is 1.77 bits per heavy atom. The van der Waals surface area contributed by atoms with Gasteiger partial charge in [0.2, 0.25) is 0 Å². The Hall–Kier alpha value is -2.81. The van der Waals surface area contributed by atoms with Gasteiger partial charge in [0.1, 0.15) is 16.5 Å². The monoisotopic (exact) mass is 584 g/mol. The number of methoxy groups -OCH3 is 1. The molecule has 2 saturated heterocycles. The molecule has 2 aliphatic heterocycles. The molecule has 0 N–H and O–H groups in total. The summed E-state index contributed by atoms with van der Waals surface area (Å²) in [4.78, 5) is 26.8. The molecule has 4 heterocycles. The SMILES string of the molecule is COCOc1cc(Cl)c(C2CC2)c(-c2cc3nc(Cl)cc(N4CC5CCC(C4)N5C(=O)OC(C)(C)C)c3cn2)c1. The maximum atomic E-state index is 13.0. The topological polar surface area (TPSA) is 77.0 Å². The molecule has 2 aromatic heterocycles. The Bertz CT molecular complexity index is 1440. The molecule has 10 heteroatoms.